The van der Waals surface area contributed by atoms with Gasteiger partial charge in [0.05, 0.1) is 25.2 Å². The van der Waals surface area contributed by atoms with Crippen LogP contribution >= 0.6 is 0 Å². The summed E-state index contributed by atoms with van der Waals surface area (Å²) >= 11 is 0. The Morgan fingerprint density at radius 1 is 1.64 bits per heavy atom. The van der Waals surface area contributed by atoms with Crippen molar-refractivity contribution in [1.29, 1.82) is 5.26 Å². The molecule has 0 heterocycles. The Morgan fingerprint density at radius 2 is 2.36 bits per heavy atom. The minimum absolute atomic E-state index is 0.0850. The summed E-state index contributed by atoms with van der Waals surface area (Å²) in [7, 11) is 1.22. The number of halogens is 1. The van der Waals surface area contributed by atoms with E-state index < -0.39 is 11.8 Å². The van der Waals surface area contributed by atoms with Gasteiger partial charge in [0.25, 0.3) is 0 Å². The van der Waals surface area contributed by atoms with Gasteiger partial charge >= 0.3 is 5.97 Å². The molecule has 14 heavy (non-hydrogen) atoms. The maximum Gasteiger partial charge on any atom is 0.310 e. The van der Waals surface area contributed by atoms with Crippen LogP contribution in [0.1, 0.15) is 11.1 Å². The standard InChI is InChI=1S/C10H8FNO2/c1-14-10(13)5-8-7(6-12)3-2-4-9(8)11/h2-4H,5H2,1H3. The molecule has 0 saturated carbocycles. The molecule has 4 heteroatoms. The molecule has 0 saturated heterocycles. The lowest BCUT2D eigenvalue weighted by atomic mass is 10.1. The van der Waals surface area contributed by atoms with E-state index >= 15 is 0 Å². The molecule has 1 rings (SSSR count). The highest BCUT2D eigenvalue weighted by Gasteiger charge is 2.12. The number of ether oxygens (including phenoxy) is 1. The molecular formula is C10H8FNO2. The Morgan fingerprint density at radius 3 is 2.93 bits per heavy atom. The molecule has 0 N–H and O–H groups in total. The lowest BCUT2D eigenvalue weighted by Crippen LogP contribution is -2.07. The average Bonchev–Trinajstić information content (AvgIpc) is 2.20. The van der Waals surface area contributed by atoms with Crippen molar-refractivity contribution in [3.63, 3.8) is 0 Å². The zero-order valence-corrected chi connectivity index (χ0v) is 7.58. The number of benzene rings is 1. The second-order valence-corrected chi connectivity index (χ2v) is 2.63. The fourth-order valence-electron chi connectivity index (χ4n) is 1.06. The Hall–Kier alpha value is -1.89. The van der Waals surface area contributed by atoms with Crippen LogP contribution in [0.2, 0.25) is 0 Å². The van der Waals surface area contributed by atoms with Crippen LogP contribution in [0.15, 0.2) is 18.2 Å². The highest BCUT2D eigenvalue weighted by Crippen LogP contribution is 2.13. The van der Waals surface area contributed by atoms with Crippen molar-refractivity contribution >= 4 is 5.97 Å². The van der Waals surface area contributed by atoms with Crippen LogP contribution in [0.25, 0.3) is 0 Å². The van der Waals surface area contributed by atoms with Gasteiger partial charge in [-0.15, -0.1) is 0 Å². The maximum atomic E-state index is 13.2. The van der Waals surface area contributed by atoms with Crippen LogP contribution in [-0.4, -0.2) is 13.1 Å². The highest BCUT2D eigenvalue weighted by molar-refractivity contribution is 5.73. The van der Waals surface area contributed by atoms with Crippen molar-refractivity contribution in [3.05, 3.63) is 35.1 Å². The van der Waals surface area contributed by atoms with Crippen LogP contribution in [0, 0.1) is 17.1 Å². The van der Waals surface area contributed by atoms with Gasteiger partial charge in [-0.3, -0.25) is 4.79 Å². The number of carbonyl (C=O) groups excluding carboxylic acids is 1. The fourth-order valence-corrected chi connectivity index (χ4v) is 1.06. The summed E-state index contributed by atoms with van der Waals surface area (Å²) in [6, 6.07) is 5.91. The van der Waals surface area contributed by atoms with E-state index in [1.54, 1.807) is 0 Å². The zero-order chi connectivity index (χ0) is 10.6. The second kappa shape index (κ2) is 4.38. The van der Waals surface area contributed by atoms with Crippen molar-refractivity contribution in [2.75, 3.05) is 7.11 Å². The van der Waals surface area contributed by atoms with E-state index in [1.807, 2.05) is 6.07 Å². The van der Waals surface area contributed by atoms with Crippen LogP contribution in [-0.2, 0) is 16.0 Å². The summed E-state index contributed by atoms with van der Waals surface area (Å²) in [5.41, 5.74) is 0.247. The third-order valence-corrected chi connectivity index (χ3v) is 1.79. The number of carbonyl (C=O) groups is 1. The molecule has 0 amide bonds. The Balaban J connectivity index is 3.06. The maximum absolute atomic E-state index is 13.2. The van der Waals surface area contributed by atoms with Crippen molar-refractivity contribution in [3.8, 4) is 6.07 Å². The first-order valence-electron chi connectivity index (χ1n) is 3.93. The van der Waals surface area contributed by atoms with Crippen LogP contribution < -0.4 is 0 Å². The van der Waals surface area contributed by atoms with Gasteiger partial charge in [0.15, 0.2) is 0 Å². The SMILES string of the molecule is COC(=O)Cc1c(F)cccc1C#N. The number of esters is 1. The molecule has 0 aliphatic heterocycles. The Labute approximate surface area is 80.7 Å². The molecular weight excluding hydrogens is 185 g/mol. The van der Waals surface area contributed by atoms with Crippen molar-refractivity contribution in [1.82, 2.24) is 0 Å². The van der Waals surface area contributed by atoms with Gasteiger partial charge in [-0.25, -0.2) is 4.39 Å². The summed E-state index contributed by atoms with van der Waals surface area (Å²) in [6.45, 7) is 0. The molecule has 0 unspecified atom stereocenters. The highest BCUT2D eigenvalue weighted by atomic mass is 19.1. The lowest BCUT2D eigenvalue weighted by molar-refractivity contribution is -0.139. The molecule has 0 bridgehead atoms. The van der Waals surface area contributed by atoms with Crippen LogP contribution in [0.4, 0.5) is 4.39 Å². The molecule has 72 valence electrons. The van der Waals surface area contributed by atoms with Gasteiger partial charge in [0.1, 0.15) is 5.82 Å². The predicted octanol–water partition coefficient (Wildman–Crippen LogP) is 1.41. The largest absolute Gasteiger partial charge is 0.469 e. The van der Waals surface area contributed by atoms with Gasteiger partial charge in [-0.2, -0.15) is 5.26 Å². The molecule has 0 aromatic heterocycles. The number of rotatable bonds is 2. The molecule has 0 radical (unpaired) electrons. The van der Waals surface area contributed by atoms with E-state index in [-0.39, 0.29) is 17.5 Å². The molecule has 0 spiro atoms. The first-order valence-corrected chi connectivity index (χ1v) is 3.93. The summed E-state index contributed by atoms with van der Waals surface area (Å²) in [5, 5.41) is 8.66. The van der Waals surface area contributed by atoms with Gasteiger partial charge < -0.3 is 4.74 Å². The molecule has 0 aliphatic carbocycles. The first-order chi connectivity index (χ1) is 6.69. The number of hydrogen-bond acceptors (Lipinski definition) is 3. The second-order valence-electron chi connectivity index (χ2n) is 2.63. The van der Waals surface area contributed by atoms with E-state index in [0.29, 0.717) is 0 Å². The van der Waals surface area contributed by atoms with Gasteiger partial charge in [-0.05, 0) is 12.1 Å². The fraction of sp³-hybridized carbons (Fsp3) is 0.200. The van der Waals surface area contributed by atoms with Crippen LogP contribution in [0.5, 0.6) is 0 Å². The molecule has 1 aromatic carbocycles. The van der Waals surface area contributed by atoms with E-state index in [0.717, 1.165) is 0 Å². The number of methoxy groups -OCH3 is 1. The quantitative estimate of drug-likeness (QED) is 0.667. The monoisotopic (exact) mass is 193 g/mol. The van der Waals surface area contributed by atoms with E-state index in [4.69, 9.17) is 5.26 Å². The predicted molar refractivity (Wildman–Crippen MR) is 46.8 cm³/mol. The topological polar surface area (TPSA) is 50.1 Å². The summed E-state index contributed by atoms with van der Waals surface area (Å²) in [5.74, 6) is -1.12. The van der Waals surface area contributed by atoms with Crippen molar-refractivity contribution in [2.24, 2.45) is 0 Å². The van der Waals surface area contributed by atoms with Crippen LogP contribution in [0.3, 0.4) is 0 Å². The lowest BCUT2D eigenvalue weighted by Gasteiger charge is -2.03. The smallest absolute Gasteiger partial charge is 0.310 e. The van der Waals surface area contributed by atoms with E-state index in [2.05, 4.69) is 4.74 Å². The number of hydrogen-bond donors (Lipinski definition) is 0. The Kier molecular flexibility index (Phi) is 3.19. The van der Waals surface area contributed by atoms with Gasteiger partial charge in [0.2, 0.25) is 0 Å². The Bertz CT molecular complexity index is 396. The summed E-state index contributed by atoms with van der Waals surface area (Å²) in [4.78, 5) is 10.9. The summed E-state index contributed by atoms with van der Waals surface area (Å²) < 4.78 is 17.6. The molecule has 0 atom stereocenters. The van der Waals surface area contributed by atoms with Crippen molar-refractivity contribution in [2.45, 2.75) is 6.42 Å². The van der Waals surface area contributed by atoms with Crippen molar-refractivity contribution < 1.29 is 13.9 Å². The van der Waals surface area contributed by atoms with E-state index in [1.165, 1.54) is 25.3 Å². The first kappa shape index (κ1) is 10.2. The molecule has 0 aliphatic rings. The summed E-state index contributed by atoms with van der Waals surface area (Å²) in [6.07, 6.45) is -0.216. The molecule has 0 fully saturated rings. The minimum atomic E-state index is -0.563. The van der Waals surface area contributed by atoms with Gasteiger partial charge in [-0.1, -0.05) is 6.07 Å². The third kappa shape index (κ3) is 2.07. The van der Waals surface area contributed by atoms with E-state index in [9.17, 15) is 9.18 Å². The minimum Gasteiger partial charge on any atom is -0.469 e. The molecule has 1 aromatic rings. The third-order valence-electron chi connectivity index (χ3n) is 1.79. The number of nitriles is 1. The zero-order valence-electron chi connectivity index (χ0n) is 7.58. The van der Waals surface area contributed by atoms with Gasteiger partial charge in [0, 0.05) is 5.56 Å². The normalized spacial score (nSPS) is 9.21. The number of nitrogens with zero attached hydrogens (tertiary/aromatic N) is 1. The average molecular weight is 193 g/mol. The molecule has 3 nitrogen and oxygen atoms in total.